The second-order valence-corrected chi connectivity index (χ2v) is 6.01. The Morgan fingerprint density at radius 3 is 2.71 bits per heavy atom. The minimum Gasteiger partial charge on any atom is -0.496 e. The molecule has 0 aromatic heterocycles. The predicted octanol–water partition coefficient (Wildman–Crippen LogP) is 3.92. The summed E-state index contributed by atoms with van der Waals surface area (Å²) in [5, 5.41) is 3.63. The lowest BCUT2D eigenvalue weighted by molar-refractivity contribution is 0.00510. The molecule has 2 atom stereocenters. The van der Waals surface area contributed by atoms with E-state index in [-0.39, 0.29) is 0 Å². The van der Waals surface area contributed by atoms with E-state index in [0.29, 0.717) is 12.1 Å². The van der Waals surface area contributed by atoms with Crippen LogP contribution in [0.3, 0.4) is 0 Å². The zero-order valence-electron chi connectivity index (χ0n) is 13.9. The molecule has 0 bridgehead atoms. The summed E-state index contributed by atoms with van der Waals surface area (Å²) in [6.07, 6.45) is 5.15. The highest BCUT2D eigenvalue weighted by molar-refractivity contribution is 5.43. The largest absolute Gasteiger partial charge is 0.496 e. The van der Waals surface area contributed by atoms with Crippen LogP contribution in [0.5, 0.6) is 5.75 Å². The third-order valence-electron chi connectivity index (χ3n) is 4.38. The Kier molecular flexibility index (Phi) is 6.07. The molecule has 3 nitrogen and oxygen atoms in total. The Morgan fingerprint density at radius 1 is 1.29 bits per heavy atom. The normalized spacial score (nSPS) is 20.3. The predicted molar refractivity (Wildman–Crippen MR) is 87.1 cm³/mol. The number of rotatable bonds is 6. The van der Waals surface area contributed by atoms with E-state index in [1.165, 1.54) is 36.0 Å². The SMILES string of the molecule is CCNC(CC1CCCCO1)c1cc(C)c(OC)cc1C. The molecule has 1 aromatic carbocycles. The van der Waals surface area contributed by atoms with Crippen LogP contribution in [0.1, 0.15) is 55.3 Å². The first-order valence-electron chi connectivity index (χ1n) is 8.15. The van der Waals surface area contributed by atoms with Gasteiger partial charge in [-0.25, -0.2) is 0 Å². The lowest BCUT2D eigenvalue weighted by Gasteiger charge is -2.29. The summed E-state index contributed by atoms with van der Waals surface area (Å²) < 4.78 is 11.4. The van der Waals surface area contributed by atoms with Crippen molar-refractivity contribution in [3.05, 3.63) is 28.8 Å². The van der Waals surface area contributed by atoms with Gasteiger partial charge in [0.1, 0.15) is 5.75 Å². The molecule has 1 heterocycles. The van der Waals surface area contributed by atoms with Crippen LogP contribution < -0.4 is 10.1 Å². The van der Waals surface area contributed by atoms with Crippen molar-refractivity contribution in [1.82, 2.24) is 5.32 Å². The van der Waals surface area contributed by atoms with Gasteiger partial charge in [0.15, 0.2) is 0 Å². The number of aryl methyl sites for hydroxylation is 2. The Labute approximate surface area is 129 Å². The van der Waals surface area contributed by atoms with Crippen molar-refractivity contribution in [2.24, 2.45) is 0 Å². The number of benzene rings is 1. The quantitative estimate of drug-likeness (QED) is 0.861. The average molecular weight is 291 g/mol. The van der Waals surface area contributed by atoms with Gasteiger partial charge >= 0.3 is 0 Å². The van der Waals surface area contributed by atoms with Gasteiger partial charge < -0.3 is 14.8 Å². The maximum Gasteiger partial charge on any atom is 0.122 e. The minimum absolute atomic E-state index is 0.364. The molecule has 0 spiro atoms. The lowest BCUT2D eigenvalue weighted by Crippen LogP contribution is -2.29. The highest BCUT2D eigenvalue weighted by Crippen LogP contribution is 2.31. The average Bonchev–Trinajstić information content (AvgIpc) is 2.50. The van der Waals surface area contributed by atoms with Gasteiger partial charge in [-0.1, -0.05) is 13.0 Å². The summed E-state index contributed by atoms with van der Waals surface area (Å²) in [4.78, 5) is 0. The molecule has 0 amide bonds. The van der Waals surface area contributed by atoms with Crippen molar-refractivity contribution in [3.63, 3.8) is 0 Å². The third kappa shape index (κ3) is 4.21. The van der Waals surface area contributed by atoms with Crippen molar-refractivity contribution in [2.45, 2.75) is 58.6 Å². The molecule has 0 radical (unpaired) electrons. The number of ether oxygens (including phenoxy) is 2. The number of hydrogen-bond donors (Lipinski definition) is 1. The molecule has 3 heteroatoms. The van der Waals surface area contributed by atoms with Crippen LogP contribution in [0.2, 0.25) is 0 Å². The molecule has 1 aliphatic heterocycles. The smallest absolute Gasteiger partial charge is 0.122 e. The number of hydrogen-bond acceptors (Lipinski definition) is 3. The zero-order chi connectivity index (χ0) is 15.2. The summed E-state index contributed by atoms with van der Waals surface area (Å²) in [6.45, 7) is 8.34. The molecule has 1 aliphatic rings. The van der Waals surface area contributed by atoms with Crippen LogP contribution >= 0.6 is 0 Å². The van der Waals surface area contributed by atoms with Gasteiger partial charge in [-0.3, -0.25) is 0 Å². The summed E-state index contributed by atoms with van der Waals surface area (Å²) >= 11 is 0. The van der Waals surface area contributed by atoms with Crippen molar-refractivity contribution >= 4 is 0 Å². The van der Waals surface area contributed by atoms with Crippen LogP contribution in [0.25, 0.3) is 0 Å². The summed E-state index contributed by atoms with van der Waals surface area (Å²) in [7, 11) is 1.74. The first-order chi connectivity index (χ1) is 10.2. The van der Waals surface area contributed by atoms with Crippen molar-refractivity contribution in [2.75, 3.05) is 20.3 Å². The topological polar surface area (TPSA) is 30.5 Å². The first kappa shape index (κ1) is 16.3. The van der Waals surface area contributed by atoms with Crippen LogP contribution in [0.4, 0.5) is 0 Å². The maximum atomic E-state index is 5.93. The van der Waals surface area contributed by atoms with Crippen LogP contribution in [0.15, 0.2) is 12.1 Å². The minimum atomic E-state index is 0.364. The molecular formula is C18H29NO2. The number of methoxy groups -OCH3 is 1. The lowest BCUT2D eigenvalue weighted by atomic mass is 9.92. The van der Waals surface area contributed by atoms with E-state index >= 15 is 0 Å². The van der Waals surface area contributed by atoms with Crippen LogP contribution in [-0.2, 0) is 4.74 Å². The first-order valence-corrected chi connectivity index (χ1v) is 8.15. The molecule has 0 aliphatic carbocycles. The Hall–Kier alpha value is -1.06. The zero-order valence-corrected chi connectivity index (χ0v) is 13.9. The summed E-state index contributed by atoms with van der Waals surface area (Å²) in [5.74, 6) is 0.973. The van der Waals surface area contributed by atoms with E-state index in [4.69, 9.17) is 9.47 Å². The monoisotopic (exact) mass is 291 g/mol. The van der Waals surface area contributed by atoms with Gasteiger partial charge in [0, 0.05) is 12.6 Å². The van der Waals surface area contributed by atoms with Crippen molar-refractivity contribution < 1.29 is 9.47 Å². The second-order valence-electron chi connectivity index (χ2n) is 6.01. The fourth-order valence-corrected chi connectivity index (χ4v) is 3.23. The molecule has 1 fully saturated rings. The standard InChI is InChI=1S/C18H29NO2/c1-5-19-17(12-15-8-6-7-9-21-15)16-10-14(3)18(20-4)11-13(16)2/h10-11,15,17,19H,5-9,12H2,1-4H3. The van der Waals surface area contributed by atoms with Gasteiger partial charge in [0.25, 0.3) is 0 Å². The molecule has 118 valence electrons. The molecule has 2 unspecified atom stereocenters. The molecular weight excluding hydrogens is 262 g/mol. The molecule has 0 saturated carbocycles. The Bertz CT molecular complexity index is 453. The van der Waals surface area contributed by atoms with E-state index < -0.39 is 0 Å². The molecule has 21 heavy (non-hydrogen) atoms. The van der Waals surface area contributed by atoms with E-state index in [0.717, 1.165) is 25.3 Å². The third-order valence-corrected chi connectivity index (χ3v) is 4.38. The maximum absolute atomic E-state index is 5.93. The van der Waals surface area contributed by atoms with Crippen LogP contribution in [-0.4, -0.2) is 26.4 Å². The van der Waals surface area contributed by atoms with Crippen molar-refractivity contribution in [1.29, 1.82) is 0 Å². The van der Waals surface area contributed by atoms with E-state index in [1.54, 1.807) is 7.11 Å². The van der Waals surface area contributed by atoms with Gasteiger partial charge in [-0.05, 0) is 68.8 Å². The summed E-state index contributed by atoms with van der Waals surface area (Å²) in [6, 6.07) is 4.78. The summed E-state index contributed by atoms with van der Waals surface area (Å²) in [5.41, 5.74) is 3.87. The molecule has 2 rings (SSSR count). The van der Waals surface area contributed by atoms with Gasteiger partial charge in [-0.2, -0.15) is 0 Å². The molecule has 1 N–H and O–H groups in total. The van der Waals surface area contributed by atoms with Gasteiger partial charge in [-0.15, -0.1) is 0 Å². The van der Waals surface area contributed by atoms with E-state index in [2.05, 4.69) is 38.2 Å². The highest BCUT2D eigenvalue weighted by atomic mass is 16.5. The van der Waals surface area contributed by atoms with Gasteiger partial charge in [0.2, 0.25) is 0 Å². The molecule has 1 aromatic rings. The highest BCUT2D eigenvalue weighted by Gasteiger charge is 2.22. The number of nitrogens with one attached hydrogen (secondary N) is 1. The van der Waals surface area contributed by atoms with Crippen LogP contribution in [0, 0.1) is 13.8 Å². The Balaban J connectivity index is 2.18. The van der Waals surface area contributed by atoms with E-state index in [1.807, 2.05) is 0 Å². The fourth-order valence-electron chi connectivity index (χ4n) is 3.23. The van der Waals surface area contributed by atoms with Gasteiger partial charge in [0.05, 0.1) is 13.2 Å². The second kappa shape index (κ2) is 7.81. The Morgan fingerprint density at radius 2 is 2.10 bits per heavy atom. The van der Waals surface area contributed by atoms with E-state index in [9.17, 15) is 0 Å². The fraction of sp³-hybridized carbons (Fsp3) is 0.667. The van der Waals surface area contributed by atoms with Crippen molar-refractivity contribution in [3.8, 4) is 5.75 Å². The molecule has 1 saturated heterocycles.